The standard InChI is InChI=1S/C14H20N4O2/c1-3-19-13-4-6-14(7-5-13)20-9-8-18-11-12(10-15-2)16-17-18/h4-7,11,15H,3,8-10H2,1-2H3. The van der Waals surface area contributed by atoms with Gasteiger partial charge in [0.25, 0.3) is 0 Å². The Labute approximate surface area is 118 Å². The third-order valence-corrected chi connectivity index (χ3v) is 2.67. The molecule has 0 radical (unpaired) electrons. The lowest BCUT2D eigenvalue weighted by Crippen LogP contribution is -2.09. The molecule has 0 aliphatic heterocycles. The predicted molar refractivity (Wildman–Crippen MR) is 75.9 cm³/mol. The predicted octanol–water partition coefficient (Wildman–Crippen LogP) is 1.48. The lowest BCUT2D eigenvalue weighted by atomic mass is 10.3. The quantitative estimate of drug-likeness (QED) is 0.791. The summed E-state index contributed by atoms with van der Waals surface area (Å²) in [6, 6.07) is 7.61. The SMILES string of the molecule is CCOc1ccc(OCCn2cc(CNC)nn2)cc1. The molecule has 0 aliphatic carbocycles. The molecule has 0 unspecified atom stereocenters. The second kappa shape index (κ2) is 7.49. The highest BCUT2D eigenvalue weighted by Gasteiger charge is 2.00. The minimum atomic E-state index is 0.552. The summed E-state index contributed by atoms with van der Waals surface area (Å²) in [6.07, 6.45) is 1.91. The second-order valence-electron chi connectivity index (χ2n) is 4.26. The largest absolute Gasteiger partial charge is 0.494 e. The molecule has 108 valence electrons. The van der Waals surface area contributed by atoms with Gasteiger partial charge in [0.15, 0.2) is 0 Å². The topological polar surface area (TPSA) is 61.2 Å². The number of nitrogens with one attached hydrogen (secondary N) is 1. The van der Waals surface area contributed by atoms with Crippen LogP contribution < -0.4 is 14.8 Å². The van der Waals surface area contributed by atoms with Gasteiger partial charge >= 0.3 is 0 Å². The molecule has 1 heterocycles. The van der Waals surface area contributed by atoms with Gasteiger partial charge in [-0.3, -0.25) is 0 Å². The van der Waals surface area contributed by atoms with Crippen molar-refractivity contribution in [1.82, 2.24) is 20.3 Å². The fourth-order valence-corrected chi connectivity index (χ4v) is 1.77. The van der Waals surface area contributed by atoms with E-state index in [-0.39, 0.29) is 0 Å². The van der Waals surface area contributed by atoms with Gasteiger partial charge in [0, 0.05) is 12.7 Å². The molecule has 0 bridgehead atoms. The van der Waals surface area contributed by atoms with Crippen LogP contribution in [0.4, 0.5) is 0 Å². The van der Waals surface area contributed by atoms with Crippen molar-refractivity contribution >= 4 is 0 Å². The summed E-state index contributed by atoms with van der Waals surface area (Å²) < 4.78 is 12.8. The summed E-state index contributed by atoms with van der Waals surface area (Å²) in [5, 5.41) is 11.1. The molecule has 6 nitrogen and oxygen atoms in total. The molecule has 0 fully saturated rings. The first-order valence-corrected chi connectivity index (χ1v) is 6.71. The van der Waals surface area contributed by atoms with Crippen LogP contribution in [0.2, 0.25) is 0 Å². The molecule has 0 spiro atoms. The smallest absolute Gasteiger partial charge is 0.119 e. The van der Waals surface area contributed by atoms with E-state index in [1.807, 2.05) is 44.4 Å². The van der Waals surface area contributed by atoms with Gasteiger partial charge in [-0.15, -0.1) is 5.10 Å². The Morgan fingerprint density at radius 2 is 1.85 bits per heavy atom. The van der Waals surface area contributed by atoms with Gasteiger partial charge in [-0.25, -0.2) is 4.68 Å². The maximum Gasteiger partial charge on any atom is 0.119 e. The molecule has 2 aromatic rings. The lowest BCUT2D eigenvalue weighted by Gasteiger charge is -2.07. The zero-order valence-corrected chi connectivity index (χ0v) is 11.9. The number of benzene rings is 1. The van der Waals surface area contributed by atoms with Crippen molar-refractivity contribution < 1.29 is 9.47 Å². The molecule has 0 atom stereocenters. The van der Waals surface area contributed by atoms with Gasteiger partial charge in [0.05, 0.1) is 18.8 Å². The molecule has 1 aromatic heterocycles. The molecule has 1 N–H and O–H groups in total. The first-order valence-electron chi connectivity index (χ1n) is 6.71. The van der Waals surface area contributed by atoms with E-state index in [1.165, 1.54) is 0 Å². The third kappa shape index (κ3) is 4.24. The fourth-order valence-electron chi connectivity index (χ4n) is 1.77. The second-order valence-corrected chi connectivity index (χ2v) is 4.26. The van der Waals surface area contributed by atoms with E-state index < -0.39 is 0 Å². The molecular formula is C14H20N4O2. The van der Waals surface area contributed by atoms with Crippen LogP contribution in [0, 0.1) is 0 Å². The Morgan fingerprint density at radius 1 is 1.15 bits per heavy atom. The molecule has 0 aliphatic rings. The fraction of sp³-hybridized carbons (Fsp3) is 0.429. The van der Waals surface area contributed by atoms with Crippen molar-refractivity contribution in [3.8, 4) is 11.5 Å². The molecule has 0 saturated carbocycles. The van der Waals surface area contributed by atoms with Gasteiger partial charge in [-0.1, -0.05) is 5.21 Å². The molecule has 1 aromatic carbocycles. The van der Waals surface area contributed by atoms with Crippen molar-refractivity contribution in [2.45, 2.75) is 20.0 Å². The summed E-state index contributed by atoms with van der Waals surface area (Å²) in [5.74, 6) is 1.68. The van der Waals surface area contributed by atoms with E-state index in [2.05, 4.69) is 15.6 Å². The van der Waals surface area contributed by atoms with Crippen LogP contribution in [-0.2, 0) is 13.1 Å². The average Bonchev–Trinajstić information content (AvgIpc) is 2.89. The van der Waals surface area contributed by atoms with Crippen molar-refractivity contribution in [2.24, 2.45) is 0 Å². The monoisotopic (exact) mass is 276 g/mol. The van der Waals surface area contributed by atoms with E-state index in [1.54, 1.807) is 4.68 Å². The van der Waals surface area contributed by atoms with Crippen LogP contribution in [0.1, 0.15) is 12.6 Å². The highest BCUT2D eigenvalue weighted by atomic mass is 16.5. The Bertz CT molecular complexity index is 510. The Hall–Kier alpha value is -2.08. The minimum absolute atomic E-state index is 0.552. The molecule has 2 rings (SSSR count). The third-order valence-electron chi connectivity index (χ3n) is 2.67. The molecule has 6 heteroatoms. The van der Waals surface area contributed by atoms with Crippen LogP contribution in [0.25, 0.3) is 0 Å². The van der Waals surface area contributed by atoms with E-state index in [0.717, 1.165) is 23.7 Å². The number of hydrogen-bond acceptors (Lipinski definition) is 5. The van der Waals surface area contributed by atoms with E-state index >= 15 is 0 Å². The normalized spacial score (nSPS) is 10.5. The minimum Gasteiger partial charge on any atom is -0.494 e. The highest BCUT2D eigenvalue weighted by Crippen LogP contribution is 2.17. The number of hydrogen-bond donors (Lipinski definition) is 1. The Kier molecular flexibility index (Phi) is 5.37. The number of ether oxygens (including phenoxy) is 2. The van der Waals surface area contributed by atoms with Crippen molar-refractivity contribution in [3.05, 3.63) is 36.2 Å². The summed E-state index contributed by atoms with van der Waals surface area (Å²) in [4.78, 5) is 0. The summed E-state index contributed by atoms with van der Waals surface area (Å²) in [5.41, 5.74) is 0.925. The molecule has 0 saturated heterocycles. The summed E-state index contributed by atoms with van der Waals surface area (Å²) in [7, 11) is 1.88. The van der Waals surface area contributed by atoms with Crippen molar-refractivity contribution in [1.29, 1.82) is 0 Å². The van der Waals surface area contributed by atoms with Crippen LogP contribution in [-0.4, -0.2) is 35.3 Å². The Morgan fingerprint density at radius 3 is 2.50 bits per heavy atom. The maximum absolute atomic E-state index is 5.65. The van der Waals surface area contributed by atoms with E-state index in [0.29, 0.717) is 19.8 Å². The van der Waals surface area contributed by atoms with Crippen LogP contribution >= 0.6 is 0 Å². The highest BCUT2D eigenvalue weighted by molar-refractivity contribution is 5.31. The average molecular weight is 276 g/mol. The summed E-state index contributed by atoms with van der Waals surface area (Å²) in [6.45, 7) is 4.58. The van der Waals surface area contributed by atoms with Gasteiger partial charge < -0.3 is 14.8 Å². The first-order chi connectivity index (χ1) is 9.81. The van der Waals surface area contributed by atoms with Crippen LogP contribution in [0.5, 0.6) is 11.5 Å². The molecule has 20 heavy (non-hydrogen) atoms. The zero-order chi connectivity index (χ0) is 14.2. The number of nitrogens with zero attached hydrogens (tertiary/aromatic N) is 3. The molecule has 0 amide bonds. The first kappa shape index (κ1) is 14.3. The van der Waals surface area contributed by atoms with Crippen LogP contribution in [0.15, 0.2) is 30.5 Å². The van der Waals surface area contributed by atoms with Crippen molar-refractivity contribution in [2.75, 3.05) is 20.3 Å². The van der Waals surface area contributed by atoms with Crippen molar-refractivity contribution in [3.63, 3.8) is 0 Å². The van der Waals surface area contributed by atoms with Gasteiger partial charge in [-0.2, -0.15) is 0 Å². The summed E-state index contributed by atoms with van der Waals surface area (Å²) >= 11 is 0. The van der Waals surface area contributed by atoms with E-state index in [4.69, 9.17) is 9.47 Å². The van der Waals surface area contributed by atoms with Crippen LogP contribution in [0.3, 0.4) is 0 Å². The zero-order valence-electron chi connectivity index (χ0n) is 11.9. The lowest BCUT2D eigenvalue weighted by molar-refractivity contribution is 0.288. The van der Waals surface area contributed by atoms with Gasteiger partial charge in [0.2, 0.25) is 0 Å². The van der Waals surface area contributed by atoms with E-state index in [9.17, 15) is 0 Å². The van der Waals surface area contributed by atoms with Gasteiger partial charge in [0.1, 0.15) is 18.1 Å². The van der Waals surface area contributed by atoms with Gasteiger partial charge in [-0.05, 0) is 38.2 Å². The number of rotatable bonds is 8. The molecular weight excluding hydrogens is 256 g/mol. The number of aromatic nitrogens is 3. The maximum atomic E-state index is 5.65. The Balaban J connectivity index is 1.76.